The Bertz CT molecular complexity index is 1870. The van der Waals surface area contributed by atoms with E-state index in [9.17, 15) is 61.0 Å². The molecule has 19 nitrogen and oxygen atoms in total. The second-order valence-corrected chi connectivity index (χ2v) is 25.3. The van der Waals surface area contributed by atoms with Crippen molar-refractivity contribution in [3.63, 3.8) is 0 Å². The van der Waals surface area contributed by atoms with Crippen LogP contribution < -0.4 is 5.32 Å². The summed E-state index contributed by atoms with van der Waals surface area (Å²) in [5.74, 6) is -0.288. The number of allylic oxidation sites excluding steroid dienone is 9. The van der Waals surface area contributed by atoms with E-state index in [0.717, 1.165) is 57.8 Å². The Labute approximate surface area is 541 Å². The molecular formula is C71H127NO18. The minimum atomic E-state index is -1.98. The van der Waals surface area contributed by atoms with Crippen LogP contribution in [0.2, 0.25) is 0 Å². The number of carbonyl (C=O) groups excluding carboxylic acids is 1. The Morgan fingerprint density at radius 1 is 0.400 bits per heavy atom. The highest BCUT2D eigenvalue weighted by Gasteiger charge is 2.53. The summed E-state index contributed by atoms with van der Waals surface area (Å²) in [6, 6.07) is -0.993. The molecule has 0 saturated carbocycles. The van der Waals surface area contributed by atoms with Gasteiger partial charge in [-0.25, -0.2) is 0 Å². The molecule has 3 fully saturated rings. The number of aliphatic hydroxyl groups is 11. The lowest BCUT2D eigenvalue weighted by Crippen LogP contribution is -2.66. The Morgan fingerprint density at radius 2 is 0.744 bits per heavy atom. The normalized spacial score (nSPS) is 28.4. The monoisotopic (exact) mass is 1280 g/mol. The molecule has 0 aromatic heterocycles. The van der Waals surface area contributed by atoms with Crippen LogP contribution in [0.1, 0.15) is 251 Å². The molecule has 524 valence electrons. The molecule has 0 aromatic rings. The van der Waals surface area contributed by atoms with Crippen molar-refractivity contribution in [3.8, 4) is 0 Å². The number of aliphatic hydroxyl groups excluding tert-OH is 11. The molecule has 3 heterocycles. The van der Waals surface area contributed by atoms with Gasteiger partial charge >= 0.3 is 0 Å². The maximum Gasteiger partial charge on any atom is 0.220 e. The number of nitrogens with one attached hydrogen (secondary N) is 1. The van der Waals surface area contributed by atoms with Gasteiger partial charge in [-0.3, -0.25) is 4.79 Å². The molecular weight excluding hydrogens is 1150 g/mol. The third kappa shape index (κ3) is 34.2. The van der Waals surface area contributed by atoms with Crippen molar-refractivity contribution >= 4 is 5.91 Å². The molecule has 3 saturated heterocycles. The molecule has 17 atom stereocenters. The lowest BCUT2D eigenvalue weighted by molar-refractivity contribution is -0.379. The summed E-state index contributed by atoms with van der Waals surface area (Å²) in [4.78, 5) is 13.4. The third-order valence-corrected chi connectivity index (χ3v) is 17.5. The summed E-state index contributed by atoms with van der Waals surface area (Å²) in [6.07, 6.45) is 37.6. The highest BCUT2D eigenvalue weighted by atomic mass is 16.8. The number of hydrogen-bond donors (Lipinski definition) is 12. The molecule has 3 rings (SSSR count). The van der Waals surface area contributed by atoms with Gasteiger partial charge in [0.15, 0.2) is 18.9 Å². The van der Waals surface area contributed by atoms with E-state index in [1.165, 1.54) is 161 Å². The van der Waals surface area contributed by atoms with E-state index in [-0.39, 0.29) is 18.9 Å². The summed E-state index contributed by atoms with van der Waals surface area (Å²) < 4.78 is 34.3. The van der Waals surface area contributed by atoms with Crippen LogP contribution in [0.4, 0.5) is 0 Å². The van der Waals surface area contributed by atoms with Crippen molar-refractivity contribution in [1.82, 2.24) is 5.32 Å². The van der Waals surface area contributed by atoms with Crippen LogP contribution >= 0.6 is 0 Å². The van der Waals surface area contributed by atoms with Gasteiger partial charge in [-0.05, 0) is 70.6 Å². The number of rotatable bonds is 54. The molecule has 19 heteroatoms. The first-order chi connectivity index (χ1) is 43.8. The van der Waals surface area contributed by atoms with Crippen LogP contribution in [0, 0.1) is 0 Å². The molecule has 17 unspecified atom stereocenters. The average Bonchev–Trinajstić information content (AvgIpc) is 0.866. The second-order valence-electron chi connectivity index (χ2n) is 25.3. The average molecular weight is 1280 g/mol. The summed E-state index contributed by atoms with van der Waals surface area (Å²) in [7, 11) is 0. The smallest absolute Gasteiger partial charge is 0.220 e. The molecule has 90 heavy (non-hydrogen) atoms. The number of carbonyl (C=O) groups is 1. The van der Waals surface area contributed by atoms with Crippen molar-refractivity contribution in [2.75, 3.05) is 26.4 Å². The predicted octanol–water partition coefficient (Wildman–Crippen LogP) is 9.55. The summed E-state index contributed by atoms with van der Waals surface area (Å²) >= 11 is 0. The van der Waals surface area contributed by atoms with Crippen molar-refractivity contribution in [2.45, 2.75) is 356 Å². The number of unbranched alkanes of at least 4 members (excludes halogenated alkanes) is 30. The molecule has 0 radical (unpaired) electrons. The SMILES string of the molecule is CCCCCCC/C=C\C/C=C\C/C=C\CCCCCCCCCCCCCCC(=O)NC(COC1OC(CO)C(OC2OC(CO)C(OC3OC(CO)C(O)C(O)C3O)C(O)C2O)C(O)C1O)C(O)/C=C/CC/C=C/CCCCCCCCCCCCCC. The Kier molecular flexibility index (Phi) is 47.9. The van der Waals surface area contributed by atoms with Gasteiger partial charge in [0.1, 0.15) is 73.2 Å². The van der Waals surface area contributed by atoms with Gasteiger partial charge in [-0.15, -0.1) is 0 Å². The molecule has 1 amide bonds. The number of amides is 1. The van der Waals surface area contributed by atoms with Gasteiger partial charge in [0.25, 0.3) is 0 Å². The van der Waals surface area contributed by atoms with Crippen molar-refractivity contribution in [3.05, 3.63) is 60.8 Å². The first-order valence-corrected chi connectivity index (χ1v) is 35.5. The van der Waals surface area contributed by atoms with E-state index in [4.69, 9.17) is 28.4 Å². The largest absolute Gasteiger partial charge is 0.394 e. The van der Waals surface area contributed by atoms with Gasteiger partial charge in [0.2, 0.25) is 5.91 Å². The minimum Gasteiger partial charge on any atom is -0.394 e. The quantitative estimate of drug-likeness (QED) is 0.0199. The van der Waals surface area contributed by atoms with Crippen molar-refractivity contribution in [2.24, 2.45) is 0 Å². The van der Waals surface area contributed by atoms with Crippen LogP contribution in [-0.4, -0.2) is 193 Å². The summed E-state index contributed by atoms with van der Waals surface area (Å²) in [5.41, 5.74) is 0. The molecule has 0 aliphatic carbocycles. The predicted molar refractivity (Wildman–Crippen MR) is 351 cm³/mol. The fourth-order valence-corrected chi connectivity index (χ4v) is 11.7. The molecule has 12 N–H and O–H groups in total. The van der Waals surface area contributed by atoms with Gasteiger partial charge in [-0.2, -0.15) is 0 Å². The van der Waals surface area contributed by atoms with Crippen LogP contribution in [0.3, 0.4) is 0 Å². The van der Waals surface area contributed by atoms with Crippen LogP contribution in [0.25, 0.3) is 0 Å². The van der Waals surface area contributed by atoms with E-state index in [1.54, 1.807) is 6.08 Å². The maximum absolute atomic E-state index is 13.4. The fraction of sp³-hybridized carbons (Fsp3) is 0.845. The van der Waals surface area contributed by atoms with E-state index >= 15 is 0 Å². The highest BCUT2D eigenvalue weighted by molar-refractivity contribution is 5.76. The van der Waals surface area contributed by atoms with Gasteiger partial charge < -0.3 is 89.9 Å². The van der Waals surface area contributed by atoms with Gasteiger partial charge in [0, 0.05) is 6.42 Å². The molecule has 0 spiro atoms. The second kappa shape index (κ2) is 52.7. The fourth-order valence-electron chi connectivity index (χ4n) is 11.7. The van der Waals surface area contributed by atoms with Crippen LogP contribution in [0.15, 0.2) is 60.8 Å². The topological polar surface area (TPSA) is 307 Å². The third-order valence-electron chi connectivity index (χ3n) is 17.5. The first-order valence-electron chi connectivity index (χ1n) is 35.5. The minimum absolute atomic E-state index is 0.232. The maximum atomic E-state index is 13.4. The van der Waals surface area contributed by atoms with Crippen molar-refractivity contribution in [1.29, 1.82) is 0 Å². The van der Waals surface area contributed by atoms with Gasteiger partial charge in [0.05, 0.1) is 38.6 Å². The first kappa shape index (κ1) is 81.7. The number of ether oxygens (including phenoxy) is 6. The Balaban J connectivity index is 1.43. The lowest BCUT2D eigenvalue weighted by atomic mass is 9.96. The zero-order valence-electron chi connectivity index (χ0n) is 55.4. The van der Waals surface area contributed by atoms with Crippen LogP contribution in [-0.2, 0) is 33.2 Å². The van der Waals surface area contributed by atoms with Gasteiger partial charge in [-0.1, -0.05) is 235 Å². The van der Waals surface area contributed by atoms with E-state index < -0.39 is 124 Å². The Hall–Kier alpha value is -2.51. The van der Waals surface area contributed by atoms with E-state index in [1.807, 2.05) is 6.08 Å². The molecule has 0 bridgehead atoms. The lowest BCUT2D eigenvalue weighted by Gasteiger charge is -2.48. The zero-order chi connectivity index (χ0) is 65.4. The molecule has 3 aliphatic rings. The zero-order valence-corrected chi connectivity index (χ0v) is 55.4. The molecule has 0 aromatic carbocycles. The Morgan fingerprint density at radius 3 is 1.19 bits per heavy atom. The van der Waals surface area contributed by atoms with E-state index in [2.05, 4.69) is 67.8 Å². The summed E-state index contributed by atoms with van der Waals surface area (Å²) in [5, 5.41) is 121. The highest BCUT2D eigenvalue weighted by Crippen LogP contribution is 2.33. The number of hydrogen-bond acceptors (Lipinski definition) is 18. The van der Waals surface area contributed by atoms with Crippen molar-refractivity contribution < 1.29 is 89.4 Å². The molecule has 3 aliphatic heterocycles. The van der Waals surface area contributed by atoms with Crippen LogP contribution in [0.5, 0.6) is 0 Å². The standard InChI is InChI=1S/C71H127NO18/c1-3-5-7-9-11-13-15-17-19-21-23-24-25-26-27-28-29-30-31-33-35-37-39-41-43-45-47-49-59(77)72-54(55(76)48-46-44-42-40-38-36-34-32-22-20-18-16-14-12-10-8-6-4-2)53-85-69-65(83)62(80)67(57(51-74)87-69)90-71-66(84)63(81)68(58(52-75)88-71)89-70-64(82)61(79)60(78)56(50-73)86-70/h15,17,21,23,25-26,38,40,46,48,54-58,60-71,73-76,78-84H,3-14,16,18-20,22,24,27-37,39,41-45,47,49-53H2,1-2H3,(H,72,77)/b17-15-,23-21-,26-25-,40-38+,48-46+. The summed E-state index contributed by atoms with van der Waals surface area (Å²) in [6.45, 7) is 1.71. The van der Waals surface area contributed by atoms with E-state index in [0.29, 0.717) is 12.8 Å².